The van der Waals surface area contributed by atoms with Crippen molar-refractivity contribution in [3.05, 3.63) is 0 Å². The van der Waals surface area contributed by atoms with Gasteiger partial charge in [-0.3, -0.25) is 19.4 Å². The van der Waals surface area contributed by atoms with Crippen LogP contribution >= 0.6 is 0 Å². The Labute approximate surface area is 151 Å². The molecule has 2 heterocycles. The molecule has 2 aliphatic heterocycles. The van der Waals surface area contributed by atoms with E-state index in [0.717, 1.165) is 44.8 Å². The fourth-order valence-electron chi connectivity index (χ4n) is 5.08. The summed E-state index contributed by atoms with van der Waals surface area (Å²) in [5, 5.41) is 8.92. The van der Waals surface area contributed by atoms with Gasteiger partial charge in [-0.15, -0.1) is 0 Å². The van der Waals surface area contributed by atoms with Gasteiger partial charge in [-0.1, -0.05) is 12.8 Å². The van der Waals surface area contributed by atoms with Crippen molar-refractivity contribution >= 4 is 11.9 Å². The Hall–Kier alpha value is -1.14. The molecule has 1 N–H and O–H groups in total. The molecule has 2 atom stereocenters. The third-order valence-electron chi connectivity index (χ3n) is 6.49. The molecule has 0 spiro atoms. The molecule has 142 valence electrons. The normalized spacial score (nSPS) is 28.8. The number of piperidine rings is 2. The molecule has 2 unspecified atom stereocenters. The SMILES string of the molecule is CN(CC(=O)O)C1CCN(CC(=O)N2CCCC3CCCCC32)CC1. The van der Waals surface area contributed by atoms with Gasteiger partial charge in [0.2, 0.25) is 5.91 Å². The summed E-state index contributed by atoms with van der Waals surface area (Å²) >= 11 is 0. The molecule has 6 nitrogen and oxygen atoms in total. The second-order valence-electron chi connectivity index (χ2n) is 8.16. The van der Waals surface area contributed by atoms with Crippen LogP contribution < -0.4 is 0 Å². The summed E-state index contributed by atoms with van der Waals surface area (Å²) in [7, 11) is 1.89. The zero-order valence-corrected chi connectivity index (χ0v) is 15.5. The lowest BCUT2D eigenvalue weighted by Crippen LogP contribution is -2.53. The van der Waals surface area contributed by atoms with Crippen molar-refractivity contribution in [2.24, 2.45) is 5.92 Å². The number of likely N-dealkylation sites (tertiary alicyclic amines) is 2. The Morgan fingerprint density at radius 2 is 1.68 bits per heavy atom. The summed E-state index contributed by atoms with van der Waals surface area (Å²) in [5.74, 6) is 0.281. The first-order valence-corrected chi connectivity index (χ1v) is 9.98. The average Bonchev–Trinajstić information content (AvgIpc) is 2.61. The Balaban J connectivity index is 1.46. The van der Waals surface area contributed by atoms with Crippen LogP contribution in [0.15, 0.2) is 0 Å². The molecule has 25 heavy (non-hydrogen) atoms. The van der Waals surface area contributed by atoms with Gasteiger partial charge in [0.25, 0.3) is 0 Å². The van der Waals surface area contributed by atoms with Crippen molar-refractivity contribution in [1.29, 1.82) is 0 Å². The fourth-order valence-corrected chi connectivity index (χ4v) is 5.08. The number of aliphatic carboxylic acids is 1. The predicted molar refractivity (Wildman–Crippen MR) is 96.4 cm³/mol. The van der Waals surface area contributed by atoms with E-state index >= 15 is 0 Å². The first-order chi connectivity index (χ1) is 12.0. The number of amides is 1. The molecule has 0 bridgehead atoms. The lowest BCUT2D eigenvalue weighted by molar-refractivity contribution is -0.139. The molecule has 0 radical (unpaired) electrons. The number of fused-ring (bicyclic) bond motifs is 1. The van der Waals surface area contributed by atoms with Gasteiger partial charge < -0.3 is 10.0 Å². The first-order valence-electron chi connectivity index (χ1n) is 9.98. The van der Waals surface area contributed by atoms with Crippen LogP contribution in [0.4, 0.5) is 0 Å². The van der Waals surface area contributed by atoms with Crippen molar-refractivity contribution in [3.63, 3.8) is 0 Å². The van der Waals surface area contributed by atoms with Crippen LogP contribution in [0.2, 0.25) is 0 Å². The average molecular weight is 351 g/mol. The third-order valence-corrected chi connectivity index (χ3v) is 6.49. The van der Waals surface area contributed by atoms with Gasteiger partial charge in [-0.2, -0.15) is 0 Å². The highest BCUT2D eigenvalue weighted by Crippen LogP contribution is 2.35. The fraction of sp³-hybridized carbons (Fsp3) is 0.895. The summed E-state index contributed by atoms with van der Waals surface area (Å²) in [4.78, 5) is 30.1. The van der Waals surface area contributed by atoms with Crippen molar-refractivity contribution in [1.82, 2.24) is 14.7 Å². The summed E-state index contributed by atoms with van der Waals surface area (Å²) in [6, 6.07) is 0.814. The number of carbonyl (C=O) groups is 2. The highest BCUT2D eigenvalue weighted by Gasteiger charge is 2.36. The molecule has 3 aliphatic rings. The Morgan fingerprint density at radius 1 is 1.00 bits per heavy atom. The van der Waals surface area contributed by atoms with Gasteiger partial charge in [0.15, 0.2) is 0 Å². The van der Waals surface area contributed by atoms with Crippen molar-refractivity contribution in [2.45, 2.75) is 63.5 Å². The lowest BCUT2D eigenvalue weighted by Gasteiger charge is -2.45. The molecule has 0 aromatic carbocycles. The van der Waals surface area contributed by atoms with Gasteiger partial charge >= 0.3 is 5.97 Å². The number of rotatable bonds is 5. The van der Waals surface area contributed by atoms with Gasteiger partial charge in [0.1, 0.15) is 0 Å². The van der Waals surface area contributed by atoms with E-state index in [-0.39, 0.29) is 6.54 Å². The summed E-state index contributed by atoms with van der Waals surface area (Å²) < 4.78 is 0. The van der Waals surface area contributed by atoms with Crippen LogP contribution in [-0.2, 0) is 9.59 Å². The van der Waals surface area contributed by atoms with E-state index in [2.05, 4.69) is 9.80 Å². The Bertz CT molecular complexity index is 475. The highest BCUT2D eigenvalue weighted by atomic mass is 16.4. The van der Waals surface area contributed by atoms with E-state index < -0.39 is 5.97 Å². The van der Waals surface area contributed by atoms with Gasteiger partial charge in [-0.25, -0.2) is 0 Å². The molecular formula is C19H33N3O3. The molecule has 0 aromatic heterocycles. The van der Waals surface area contributed by atoms with Crippen LogP contribution in [0, 0.1) is 5.92 Å². The number of hydrogen-bond acceptors (Lipinski definition) is 4. The van der Waals surface area contributed by atoms with E-state index in [1.54, 1.807) is 0 Å². The topological polar surface area (TPSA) is 64.1 Å². The van der Waals surface area contributed by atoms with E-state index in [1.165, 1.54) is 32.1 Å². The second kappa shape index (κ2) is 8.49. The maximum absolute atomic E-state index is 12.9. The van der Waals surface area contributed by atoms with E-state index in [0.29, 0.717) is 24.5 Å². The van der Waals surface area contributed by atoms with E-state index in [4.69, 9.17) is 5.11 Å². The molecule has 1 saturated carbocycles. The van der Waals surface area contributed by atoms with Gasteiger partial charge in [-0.05, 0) is 51.5 Å². The number of carbonyl (C=O) groups excluding carboxylic acids is 1. The second-order valence-corrected chi connectivity index (χ2v) is 8.16. The van der Waals surface area contributed by atoms with Crippen molar-refractivity contribution in [3.8, 4) is 0 Å². The Morgan fingerprint density at radius 3 is 2.40 bits per heavy atom. The van der Waals surface area contributed by atoms with Crippen LogP contribution in [0.25, 0.3) is 0 Å². The maximum atomic E-state index is 12.9. The Kier molecular flexibility index (Phi) is 6.34. The zero-order valence-electron chi connectivity index (χ0n) is 15.5. The molecule has 1 aliphatic carbocycles. The maximum Gasteiger partial charge on any atom is 0.317 e. The summed E-state index contributed by atoms with van der Waals surface area (Å²) in [6.07, 6.45) is 9.46. The summed E-state index contributed by atoms with van der Waals surface area (Å²) in [5.41, 5.74) is 0. The monoisotopic (exact) mass is 351 g/mol. The zero-order chi connectivity index (χ0) is 17.8. The van der Waals surface area contributed by atoms with Crippen molar-refractivity contribution < 1.29 is 14.7 Å². The third kappa shape index (κ3) is 4.73. The molecule has 1 amide bonds. The van der Waals surface area contributed by atoms with Crippen LogP contribution in [0.5, 0.6) is 0 Å². The number of likely N-dealkylation sites (N-methyl/N-ethyl adjacent to an activating group) is 1. The van der Waals surface area contributed by atoms with Gasteiger partial charge in [0.05, 0.1) is 13.1 Å². The minimum Gasteiger partial charge on any atom is -0.480 e. The van der Waals surface area contributed by atoms with Crippen LogP contribution in [-0.4, -0.2) is 83.5 Å². The molecule has 3 rings (SSSR count). The van der Waals surface area contributed by atoms with Crippen molar-refractivity contribution in [2.75, 3.05) is 39.8 Å². The minimum absolute atomic E-state index is 0.0977. The highest BCUT2D eigenvalue weighted by molar-refractivity contribution is 5.78. The minimum atomic E-state index is -0.771. The molecule has 0 aromatic rings. The number of carboxylic acid groups (broad SMARTS) is 1. The molecular weight excluding hydrogens is 318 g/mol. The molecule has 2 saturated heterocycles. The van der Waals surface area contributed by atoms with Crippen LogP contribution in [0.1, 0.15) is 51.4 Å². The predicted octanol–water partition coefficient (Wildman–Crippen LogP) is 1.65. The number of hydrogen-bond donors (Lipinski definition) is 1. The van der Waals surface area contributed by atoms with E-state index in [9.17, 15) is 9.59 Å². The summed E-state index contributed by atoms with van der Waals surface area (Å²) in [6.45, 7) is 3.36. The lowest BCUT2D eigenvalue weighted by atomic mass is 9.78. The van der Waals surface area contributed by atoms with Crippen LogP contribution in [0.3, 0.4) is 0 Å². The number of nitrogens with zero attached hydrogens (tertiary/aromatic N) is 3. The standard InChI is InChI=1S/C19H33N3O3/c1-20(14-19(24)25)16-8-11-21(12-9-16)13-18(23)22-10-4-6-15-5-2-3-7-17(15)22/h15-17H,2-14H2,1H3,(H,24,25). The largest absolute Gasteiger partial charge is 0.480 e. The molecule has 3 fully saturated rings. The molecule has 6 heteroatoms. The smallest absolute Gasteiger partial charge is 0.317 e. The van der Waals surface area contributed by atoms with Gasteiger partial charge in [0, 0.05) is 31.7 Å². The number of carboxylic acids is 1. The quantitative estimate of drug-likeness (QED) is 0.816. The first kappa shape index (κ1) is 18.6. The van der Waals surface area contributed by atoms with E-state index in [1.807, 2.05) is 11.9 Å².